The fourth-order valence-corrected chi connectivity index (χ4v) is 1.67. The molecule has 2 N–H and O–H groups in total. The van der Waals surface area contributed by atoms with Gasteiger partial charge in [0.15, 0.2) is 0 Å². The number of hydrogen-bond acceptors (Lipinski definition) is 3. The second kappa shape index (κ2) is 5.59. The topological polar surface area (TPSA) is 54.0 Å². The molecule has 0 radical (unpaired) electrons. The molecule has 78 valence electrons. The molecule has 14 heavy (non-hydrogen) atoms. The Balaban J connectivity index is 2.23. The zero-order valence-electron chi connectivity index (χ0n) is 8.46. The number of rotatable bonds is 4. The van der Waals surface area contributed by atoms with Crippen LogP contribution in [0.25, 0.3) is 0 Å². The van der Waals surface area contributed by atoms with E-state index in [2.05, 4.69) is 15.6 Å². The molecule has 0 aliphatic carbocycles. The van der Waals surface area contributed by atoms with E-state index in [0.717, 1.165) is 16.3 Å². The van der Waals surface area contributed by atoms with Gasteiger partial charge in [-0.25, -0.2) is 9.78 Å². The average molecular weight is 213 g/mol. The zero-order valence-corrected chi connectivity index (χ0v) is 9.28. The Bertz CT molecular complexity index is 298. The Labute approximate surface area is 87.7 Å². The molecule has 0 aromatic carbocycles. The third-order valence-corrected chi connectivity index (χ3v) is 2.52. The molecule has 0 aliphatic rings. The van der Waals surface area contributed by atoms with Crippen LogP contribution in [-0.4, -0.2) is 17.6 Å². The molecule has 4 nitrogen and oxygen atoms in total. The van der Waals surface area contributed by atoms with Gasteiger partial charge in [-0.2, -0.15) is 0 Å². The van der Waals surface area contributed by atoms with Crippen molar-refractivity contribution in [1.82, 2.24) is 15.6 Å². The Morgan fingerprint density at radius 3 is 2.93 bits per heavy atom. The van der Waals surface area contributed by atoms with Gasteiger partial charge in [0.1, 0.15) is 5.01 Å². The van der Waals surface area contributed by atoms with Crippen LogP contribution < -0.4 is 10.6 Å². The van der Waals surface area contributed by atoms with Crippen molar-refractivity contribution in [3.63, 3.8) is 0 Å². The summed E-state index contributed by atoms with van der Waals surface area (Å²) >= 11 is 1.60. The first-order chi connectivity index (χ1) is 6.72. The largest absolute Gasteiger partial charge is 0.338 e. The van der Waals surface area contributed by atoms with E-state index < -0.39 is 0 Å². The minimum Gasteiger partial charge on any atom is -0.338 e. The molecule has 0 saturated carbocycles. The van der Waals surface area contributed by atoms with Crippen molar-refractivity contribution >= 4 is 17.4 Å². The monoisotopic (exact) mass is 213 g/mol. The highest BCUT2D eigenvalue weighted by Crippen LogP contribution is 2.10. The number of aromatic nitrogens is 1. The van der Waals surface area contributed by atoms with Gasteiger partial charge in [-0.15, -0.1) is 11.3 Å². The Hall–Kier alpha value is -1.10. The van der Waals surface area contributed by atoms with E-state index in [1.165, 1.54) is 0 Å². The molecule has 0 saturated heterocycles. The second-order valence-electron chi connectivity index (χ2n) is 2.97. The number of carbonyl (C=O) groups excluding carboxylic acids is 1. The minimum atomic E-state index is -0.125. The number of thiazole rings is 1. The maximum atomic E-state index is 11.1. The highest BCUT2D eigenvalue weighted by atomic mass is 32.1. The van der Waals surface area contributed by atoms with Gasteiger partial charge in [0.05, 0.1) is 6.54 Å². The van der Waals surface area contributed by atoms with Crippen molar-refractivity contribution in [2.75, 3.05) is 6.54 Å². The first kappa shape index (κ1) is 11.0. The SMILES string of the molecule is CCCNC(=O)NCc1ncc(C)s1. The molecule has 5 heteroatoms. The van der Waals surface area contributed by atoms with Crippen LogP contribution >= 0.6 is 11.3 Å². The van der Waals surface area contributed by atoms with Gasteiger partial charge in [-0.1, -0.05) is 6.92 Å². The molecule has 0 atom stereocenters. The molecule has 0 fully saturated rings. The first-order valence-electron chi connectivity index (χ1n) is 4.65. The van der Waals surface area contributed by atoms with Crippen molar-refractivity contribution < 1.29 is 4.79 Å². The average Bonchev–Trinajstić information content (AvgIpc) is 2.58. The van der Waals surface area contributed by atoms with Crippen LogP contribution in [0.3, 0.4) is 0 Å². The van der Waals surface area contributed by atoms with Crippen LogP contribution in [-0.2, 0) is 6.54 Å². The van der Waals surface area contributed by atoms with Gasteiger partial charge in [0.25, 0.3) is 0 Å². The second-order valence-corrected chi connectivity index (χ2v) is 4.29. The summed E-state index contributed by atoms with van der Waals surface area (Å²) < 4.78 is 0. The summed E-state index contributed by atoms with van der Waals surface area (Å²) in [7, 11) is 0. The van der Waals surface area contributed by atoms with Gasteiger partial charge in [-0.3, -0.25) is 0 Å². The number of urea groups is 1. The van der Waals surface area contributed by atoms with Crippen molar-refractivity contribution in [2.24, 2.45) is 0 Å². The van der Waals surface area contributed by atoms with E-state index in [1.54, 1.807) is 11.3 Å². The lowest BCUT2D eigenvalue weighted by molar-refractivity contribution is 0.240. The van der Waals surface area contributed by atoms with Gasteiger partial charge < -0.3 is 10.6 Å². The number of nitrogens with one attached hydrogen (secondary N) is 2. The van der Waals surface area contributed by atoms with Gasteiger partial charge >= 0.3 is 6.03 Å². The minimum absolute atomic E-state index is 0.125. The Morgan fingerprint density at radius 2 is 2.36 bits per heavy atom. The summed E-state index contributed by atoms with van der Waals surface area (Å²) in [6.07, 6.45) is 2.76. The molecule has 1 aromatic rings. The summed E-state index contributed by atoms with van der Waals surface area (Å²) in [4.78, 5) is 16.4. The molecular weight excluding hydrogens is 198 g/mol. The molecule has 1 rings (SSSR count). The molecule has 1 aromatic heterocycles. The van der Waals surface area contributed by atoms with Gasteiger partial charge in [0, 0.05) is 17.6 Å². The molecule has 0 bridgehead atoms. The summed E-state index contributed by atoms with van der Waals surface area (Å²) in [5, 5.41) is 6.42. The number of nitrogens with zero attached hydrogens (tertiary/aromatic N) is 1. The molecular formula is C9H15N3OS. The first-order valence-corrected chi connectivity index (χ1v) is 5.47. The molecule has 0 aliphatic heterocycles. The molecule has 2 amide bonds. The maximum Gasteiger partial charge on any atom is 0.315 e. The standard InChI is InChI=1S/C9H15N3OS/c1-3-4-10-9(13)12-6-8-11-5-7(2)14-8/h5H,3-4,6H2,1-2H3,(H2,10,12,13). The highest BCUT2D eigenvalue weighted by Gasteiger charge is 2.01. The lowest BCUT2D eigenvalue weighted by Gasteiger charge is -2.03. The number of hydrogen-bond donors (Lipinski definition) is 2. The van der Waals surface area contributed by atoms with Crippen molar-refractivity contribution in [2.45, 2.75) is 26.8 Å². The van der Waals surface area contributed by atoms with Crippen molar-refractivity contribution in [3.8, 4) is 0 Å². The smallest absolute Gasteiger partial charge is 0.315 e. The lowest BCUT2D eigenvalue weighted by atomic mass is 10.5. The number of carbonyl (C=O) groups is 1. The fourth-order valence-electron chi connectivity index (χ4n) is 0.940. The van der Waals surface area contributed by atoms with Gasteiger partial charge in [0.2, 0.25) is 0 Å². The van der Waals surface area contributed by atoms with Crippen LogP contribution in [0.5, 0.6) is 0 Å². The quantitative estimate of drug-likeness (QED) is 0.799. The molecule has 0 unspecified atom stereocenters. The van der Waals surface area contributed by atoms with E-state index in [9.17, 15) is 4.79 Å². The Kier molecular flexibility index (Phi) is 4.39. The van der Waals surface area contributed by atoms with Crippen LogP contribution in [0.2, 0.25) is 0 Å². The predicted molar refractivity (Wildman–Crippen MR) is 57.4 cm³/mol. The fraction of sp³-hybridized carbons (Fsp3) is 0.556. The van der Waals surface area contributed by atoms with Crippen molar-refractivity contribution in [3.05, 3.63) is 16.1 Å². The zero-order chi connectivity index (χ0) is 10.4. The summed E-state index contributed by atoms with van der Waals surface area (Å²) in [6.45, 7) is 5.24. The number of amides is 2. The number of aryl methyl sites for hydroxylation is 1. The van der Waals surface area contributed by atoms with E-state index in [0.29, 0.717) is 13.1 Å². The lowest BCUT2D eigenvalue weighted by Crippen LogP contribution is -2.35. The predicted octanol–water partition coefficient (Wildman–Crippen LogP) is 1.66. The maximum absolute atomic E-state index is 11.1. The van der Waals surface area contributed by atoms with Crippen molar-refractivity contribution in [1.29, 1.82) is 0 Å². The normalized spacial score (nSPS) is 9.86. The van der Waals surface area contributed by atoms with E-state index in [-0.39, 0.29) is 6.03 Å². The third-order valence-electron chi connectivity index (χ3n) is 1.60. The van der Waals surface area contributed by atoms with Crippen LogP contribution in [0.4, 0.5) is 4.79 Å². The summed E-state index contributed by atoms with van der Waals surface area (Å²) in [5.74, 6) is 0. The van der Waals surface area contributed by atoms with E-state index in [1.807, 2.05) is 20.0 Å². The molecule has 1 heterocycles. The van der Waals surface area contributed by atoms with Crippen LogP contribution in [0.1, 0.15) is 23.2 Å². The molecule has 0 spiro atoms. The highest BCUT2D eigenvalue weighted by molar-refractivity contribution is 7.11. The van der Waals surface area contributed by atoms with Gasteiger partial charge in [-0.05, 0) is 13.3 Å². The van der Waals surface area contributed by atoms with Crippen LogP contribution in [0, 0.1) is 6.92 Å². The van der Waals surface area contributed by atoms with Crippen LogP contribution in [0.15, 0.2) is 6.20 Å². The Morgan fingerprint density at radius 1 is 1.57 bits per heavy atom. The third kappa shape index (κ3) is 3.74. The van der Waals surface area contributed by atoms with E-state index >= 15 is 0 Å². The summed E-state index contributed by atoms with van der Waals surface area (Å²) in [5.41, 5.74) is 0. The van der Waals surface area contributed by atoms with E-state index in [4.69, 9.17) is 0 Å². The summed E-state index contributed by atoms with van der Waals surface area (Å²) in [6, 6.07) is -0.125.